The molecule has 1 N–H and O–H groups in total. The smallest absolute Gasteiger partial charge is 0.249 e. The third kappa shape index (κ3) is 3.93. The maximum Gasteiger partial charge on any atom is 0.249 e. The van der Waals surface area contributed by atoms with Crippen LogP contribution >= 0.6 is 33.6 Å². The summed E-state index contributed by atoms with van der Waals surface area (Å²) in [6.07, 6.45) is 0. The lowest BCUT2D eigenvalue weighted by atomic mass is 9.60. The fraction of sp³-hybridized carbons (Fsp3) is 0.529. The lowest BCUT2D eigenvalue weighted by molar-refractivity contribution is 0.300. The maximum absolute atomic E-state index is 12.1. The molecule has 2 rings (SSSR count). The molecule has 0 aliphatic carbocycles. The van der Waals surface area contributed by atoms with Gasteiger partial charge >= 0.3 is 0 Å². The largest absolute Gasteiger partial charge is 0.355 e. The van der Waals surface area contributed by atoms with E-state index in [1.807, 2.05) is 33.1 Å². The summed E-state index contributed by atoms with van der Waals surface area (Å²) in [6.45, 7) is 12.3. The van der Waals surface area contributed by atoms with Crippen LogP contribution in [0.1, 0.15) is 52.7 Å². The predicted molar refractivity (Wildman–Crippen MR) is 113 cm³/mol. The molecule has 1 heterocycles. The van der Waals surface area contributed by atoms with E-state index in [4.69, 9.17) is 4.55 Å². The molecule has 0 fully saturated rings. The Kier molecular flexibility index (Phi) is 8.88. The van der Waals surface area contributed by atoms with Crippen molar-refractivity contribution < 1.29 is 4.55 Å². The summed E-state index contributed by atoms with van der Waals surface area (Å²) in [5.74, 6) is 0. The van der Waals surface area contributed by atoms with Crippen LogP contribution in [0.5, 0.6) is 0 Å². The summed E-state index contributed by atoms with van der Waals surface area (Å²) >= 11 is 4.17. The van der Waals surface area contributed by atoms with Gasteiger partial charge in [-0.15, -0.1) is 0 Å². The highest BCUT2D eigenvalue weighted by Gasteiger charge is 2.46. The predicted octanol–water partition coefficient (Wildman–Crippen LogP) is 4.24. The van der Waals surface area contributed by atoms with E-state index < -0.39 is 5.41 Å². The van der Waals surface area contributed by atoms with Crippen molar-refractivity contribution in [3.63, 3.8) is 0 Å². The van der Waals surface area contributed by atoms with Gasteiger partial charge in [0.1, 0.15) is 0 Å². The first-order valence-corrected chi connectivity index (χ1v) is 9.53. The maximum atomic E-state index is 12.1. The highest BCUT2D eigenvalue weighted by atomic mass is 32.1. The number of hydrogen-bond acceptors (Lipinski definition) is 6. The van der Waals surface area contributed by atoms with Crippen LogP contribution < -0.4 is 15.5 Å². The summed E-state index contributed by atoms with van der Waals surface area (Å²) in [4.78, 5) is 23.9. The van der Waals surface area contributed by atoms with Gasteiger partial charge in [-0.25, -0.2) is 0 Å². The third-order valence-corrected chi connectivity index (χ3v) is 5.61. The Bertz CT molecular complexity index is 700. The fourth-order valence-electron chi connectivity index (χ4n) is 2.59. The summed E-state index contributed by atoms with van der Waals surface area (Å²) in [6, 6.07) is 2.09. The van der Waals surface area contributed by atoms with E-state index in [2.05, 4.69) is 47.6 Å². The van der Waals surface area contributed by atoms with Crippen molar-refractivity contribution in [3.05, 3.63) is 48.4 Å². The van der Waals surface area contributed by atoms with E-state index in [-0.39, 0.29) is 16.3 Å². The molecule has 0 bridgehead atoms. The van der Waals surface area contributed by atoms with E-state index in [1.54, 1.807) is 23.1 Å². The van der Waals surface area contributed by atoms with Crippen LogP contribution in [-0.4, -0.2) is 11.6 Å². The van der Waals surface area contributed by atoms with Crippen molar-refractivity contribution in [2.75, 3.05) is 11.7 Å². The van der Waals surface area contributed by atoms with Gasteiger partial charge in [0.15, 0.2) is 0 Å². The van der Waals surface area contributed by atoms with Crippen molar-refractivity contribution >= 4 is 39.3 Å². The Hall–Kier alpha value is -0.680. The van der Waals surface area contributed by atoms with Crippen molar-refractivity contribution in [2.45, 2.75) is 52.4 Å². The second-order valence-electron chi connectivity index (χ2n) is 6.25. The number of nitrogens with zero attached hydrogens (tertiary/aromatic N) is 1. The van der Waals surface area contributed by atoms with Gasteiger partial charge in [0, 0.05) is 18.0 Å². The first-order valence-electron chi connectivity index (χ1n) is 7.67. The Balaban J connectivity index is 0.00000123. The van der Waals surface area contributed by atoms with Gasteiger partial charge in [-0.1, -0.05) is 41.5 Å². The van der Waals surface area contributed by atoms with Gasteiger partial charge in [0.25, 0.3) is 0 Å². The summed E-state index contributed by atoms with van der Waals surface area (Å²) in [5.41, 5.74) is 0.973. The molecule has 136 valence electrons. The van der Waals surface area contributed by atoms with Crippen molar-refractivity contribution in [3.8, 4) is 0 Å². The first kappa shape index (κ1) is 23.3. The molecule has 7 heteroatoms. The standard InChI is InChI=1S/C15H20NO2PS.C2H6.H2OS/c1-14(2,9-6-7-20-8-9)15(3,4)10-11(16(5)19)13(18)12(10)17;2*1-2/h6-8H,19H2,1-5H3;1-2H3;1-2H. The average Bonchev–Trinajstić information content (AvgIpc) is 3.09. The zero-order chi connectivity index (χ0) is 19.3. The molecule has 2 aromatic rings. The second kappa shape index (κ2) is 9.14. The average molecular weight is 390 g/mol. The van der Waals surface area contributed by atoms with Crippen LogP contribution in [0.3, 0.4) is 0 Å². The molecule has 0 aliphatic rings. The quantitative estimate of drug-likeness (QED) is 0.355. The number of rotatable bonds is 4. The topological polar surface area (TPSA) is 57.6 Å². The van der Waals surface area contributed by atoms with Gasteiger partial charge < -0.3 is 9.22 Å². The molecule has 1 atom stereocenters. The summed E-state index contributed by atoms with van der Waals surface area (Å²) in [7, 11) is 4.24. The minimum atomic E-state index is -0.417. The van der Waals surface area contributed by atoms with Crippen molar-refractivity contribution in [1.82, 2.24) is 0 Å². The molecule has 0 aliphatic heterocycles. The molecule has 1 aromatic carbocycles. The lowest BCUT2D eigenvalue weighted by Gasteiger charge is -2.43. The molecule has 0 saturated carbocycles. The molecule has 0 radical (unpaired) electrons. The summed E-state index contributed by atoms with van der Waals surface area (Å²) < 4.78 is 8.37. The molecular formula is C17H28NO3PS2. The van der Waals surface area contributed by atoms with E-state index >= 15 is 0 Å². The Labute approximate surface area is 156 Å². The van der Waals surface area contributed by atoms with Gasteiger partial charge in [-0.2, -0.15) is 11.3 Å². The van der Waals surface area contributed by atoms with E-state index in [0.717, 1.165) is 0 Å². The third-order valence-electron chi connectivity index (χ3n) is 4.67. The van der Waals surface area contributed by atoms with Crippen LogP contribution in [0.2, 0.25) is 0 Å². The minimum Gasteiger partial charge on any atom is -0.355 e. The van der Waals surface area contributed by atoms with Crippen LogP contribution in [0, 0.1) is 0 Å². The number of anilines is 1. The SMILES string of the molecule is CC.CN(P)c1c(C(C)(C)C(C)(C)c2ccsc2)c(=O)c1=O.OS. The molecule has 0 amide bonds. The highest BCUT2D eigenvalue weighted by molar-refractivity contribution is 7.74. The minimum absolute atomic E-state index is 0.232. The van der Waals surface area contributed by atoms with Crippen molar-refractivity contribution in [1.29, 1.82) is 0 Å². The molecule has 24 heavy (non-hydrogen) atoms. The number of thiol groups is 1. The van der Waals surface area contributed by atoms with Gasteiger partial charge in [0.2, 0.25) is 10.9 Å². The number of hydrogen-bond donors (Lipinski definition) is 2. The van der Waals surface area contributed by atoms with Crippen LogP contribution in [0.15, 0.2) is 26.4 Å². The molecule has 1 unspecified atom stereocenters. The zero-order valence-corrected chi connectivity index (χ0v) is 18.2. The van der Waals surface area contributed by atoms with E-state index in [9.17, 15) is 9.59 Å². The van der Waals surface area contributed by atoms with Crippen LogP contribution in [0.25, 0.3) is 0 Å². The van der Waals surface area contributed by atoms with Crippen molar-refractivity contribution in [2.24, 2.45) is 0 Å². The normalized spacial score (nSPS) is 11.2. The second-order valence-corrected chi connectivity index (χ2v) is 7.81. The Morgan fingerprint density at radius 1 is 1.08 bits per heavy atom. The molecule has 0 saturated heterocycles. The zero-order valence-electron chi connectivity index (χ0n) is 15.4. The molecular weight excluding hydrogens is 361 g/mol. The van der Waals surface area contributed by atoms with Gasteiger partial charge in [0.05, 0.1) is 5.69 Å². The monoisotopic (exact) mass is 389 g/mol. The lowest BCUT2D eigenvalue weighted by Crippen LogP contribution is -2.51. The van der Waals surface area contributed by atoms with Crippen LogP contribution in [0.4, 0.5) is 5.69 Å². The van der Waals surface area contributed by atoms with Gasteiger partial charge in [-0.05, 0) is 50.1 Å². The highest BCUT2D eigenvalue weighted by Crippen LogP contribution is 2.46. The van der Waals surface area contributed by atoms with E-state index in [1.165, 1.54) is 5.56 Å². The van der Waals surface area contributed by atoms with E-state index in [0.29, 0.717) is 11.3 Å². The molecule has 0 spiro atoms. The Morgan fingerprint density at radius 2 is 1.58 bits per heavy atom. The molecule has 4 nitrogen and oxygen atoms in total. The van der Waals surface area contributed by atoms with Crippen LogP contribution in [-0.2, 0) is 10.8 Å². The fourth-order valence-corrected chi connectivity index (χ4v) is 3.66. The number of thiophene rings is 1. The first-order chi connectivity index (χ1) is 11.1. The molecule has 1 aromatic heterocycles. The van der Waals surface area contributed by atoms with Gasteiger partial charge in [-0.3, -0.25) is 9.59 Å². The summed E-state index contributed by atoms with van der Waals surface area (Å²) in [5, 5.41) is 4.15. The Morgan fingerprint density at radius 3 is 1.96 bits per heavy atom.